The van der Waals surface area contributed by atoms with Gasteiger partial charge in [-0.25, -0.2) is 0 Å². The summed E-state index contributed by atoms with van der Waals surface area (Å²) >= 11 is 0. The van der Waals surface area contributed by atoms with Crippen molar-refractivity contribution in [1.29, 1.82) is 5.26 Å². The lowest BCUT2D eigenvalue weighted by Crippen LogP contribution is -2.29. The monoisotopic (exact) mass is 151 g/mol. The fourth-order valence-electron chi connectivity index (χ4n) is 1.04. The molecule has 11 heavy (non-hydrogen) atoms. The predicted octanol–water partition coefficient (Wildman–Crippen LogP) is -0.369. The molecule has 0 saturated carbocycles. The molecule has 0 radical (unpaired) electrons. The van der Waals surface area contributed by atoms with Gasteiger partial charge in [0.1, 0.15) is 17.5 Å². The molecule has 58 valence electrons. The Hall–Kier alpha value is -1.50. The van der Waals surface area contributed by atoms with Crippen LogP contribution < -0.4 is 11.1 Å². The number of rotatable bonds is 1. The lowest BCUT2D eigenvalue weighted by molar-refractivity contribution is -0.116. The molecule has 1 aliphatic rings. The van der Waals surface area contributed by atoms with E-state index in [4.69, 9.17) is 11.0 Å². The summed E-state index contributed by atoms with van der Waals surface area (Å²) in [5.41, 5.74) is 5.44. The minimum Gasteiger partial charge on any atom is -0.384 e. The van der Waals surface area contributed by atoms with Crippen LogP contribution in [0.15, 0.2) is 11.4 Å². The number of nitrogens with one attached hydrogen (secondary N) is 1. The Morgan fingerprint density at radius 1 is 1.82 bits per heavy atom. The summed E-state index contributed by atoms with van der Waals surface area (Å²) in [7, 11) is 0. The largest absolute Gasteiger partial charge is 0.384 e. The molecule has 3 N–H and O–H groups in total. The maximum Gasteiger partial charge on any atom is 0.199 e. The van der Waals surface area contributed by atoms with Gasteiger partial charge in [-0.05, 0) is 6.42 Å². The first-order valence-electron chi connectivity index (χ1n) is 3.41. The molecule has 0 spiro atoms. The topological polar surface area (TPSA) is 78.9 Å². The molecular weight excluding hydrogens is 142 g/mol. The van der Waals surface area contributed by atoms with Crippen LogP contribution in [0.2, 0.25) is 0 Å². The fourth-order valence-corrected chi connectivity index (χ4v) is 1.04. The molecule has 0 fully saturated rings. The van der Waals surface area contributed by atoms with Gasteiger partial charge in [0.25, 0.3) is 0 Å². The lowest BCUT2D eigenvalue weighted by Gasteiger charge is -2.04. The zero-order chi connectivity index (χ0) is 8.43. The number of nitrogens with zero attached hydrogens (tertiary/aromatic N) is 1. The second-order valence-electron chi connectivity index (χ2n) is 2.37. The molecule has 0 bridgehead atoms. The van der Waals surface area contributed by atoms with E-state index in [0.717, 1.165) is 0 Å². The SMILES string of the molecule is CCC1NC(N)=C(C#N)C1=O. The summed E-state index contributed by atoms with van der Waals surface area (Å²) in [5, 5.41) is 11.2. The summed E-state index contributed by atoms with van der Waals surface area (Å²) in [6.07, 6.45) is 0.657. The highest BCUT2D eigenvalue weighted by atomic mass is 16.1. The Morgan fingerprint density at radius 3 is 2.73 bits per heavy atom. The smallest absolute Gasteiger partial charge is 0.199 e. The van der Waals surface area contributed by atoms with E-state index >= 15 is 0 Å². The molecule has 0 aromatic carbocycles. The number of ketones is 1. The molecule has 4 nitrogen and oxygen atoms in total. The maximum atomic E-state index is 11.2. The molecule has 0 aliphatic carbocycles. The number of carbonyl (C=O) groups is 1. The number of Topliss-reactive ketones (excluding diaryl/α,β-unsaturated/α-hetero) is 1. The fraction of sp³-hybridized carbons (Fsp3) is 0.429. The van der Waals surface area contributed by atoms with Crippen LogP contribution in [0.3, 0.4) is 0 Å². The van der Waals surface area contributed by atoms with Crippen molar-refractivity contribution < 1.29 is 4.79 Å². The van der Waals surface area contributed by atoms with Crippen molar-refractivity contribution >= 4 is 5.78 Å². The van der Waals surface area contributed by atoms with Gasteiger partial charge < -0.3 is 11.1 Å². The van der Waals surface area contributed by atoms with Crippen LogP contribution in [-0.4, -0.2) is 11.8 Å². The quantitative estimate of drug-likeness (QED) is 0.536. The van der Waals surface area contributed by atoms with Gasteiger partial charge >= 0.3 is 0 Å². The van der Waals surface area contributed by atoms with Crippen molar-refractivity contribution in [3.63, 3.8) is 0 Å². The Balaban J connectivity index is 2.89. The molecule has 4 heteroatoms. The van der Waals surface area contributed by atoms with Crippen molar-refractivity contribution in [3.05, 3.63) is 11.4 Å². The third kappa shape index (κ3) is 1.05. The van der Waals surface area contributed by atoms with Gasteiger partial charge in [0.05, 0.1) is 6.04 Å². The van der Waals surface area contributed by atoms with E-state index in [0.29, 0.717) is 6.42 Å². The third-order valence-electron chi connectivity index (χ3n) is 1.68. The van der Waals surface area contributed by atoms with E-state index in [2.05, 4.69) is 5.32 Å². The summed E-state index contributed by atoms with van der Waals surface area (Å²) in [6, 6.07) is 1.48. The molecular formula is C7H9N3O. The van der Waals surface area contributed by atoms with E-state index in [1.807, 2.05) is 6.92 Å². The molecule has 0 amide bonds. The van der Waals surface area contributed by atoms with E-state index < -0.39 is 0 Å². The Bertz CT molecular complexity index is 261. The first kappa shape index (κ1) is 7.61. The minimum atomic E-state index is -0.287. The Morgan fingerprint density at radius 2 is 2.45 bits per heavy atom. The van der Waals surface area contributed by atoms with Crippen LogP contribution in [0.5, 0.6) is 0 Å². The minimum absolute atomic E-state index is 0.0665. The van der Waals surface area contributed by atoms with Gasteiger partial charge in [-0.3, -0.25) is 4.79 Å². The van der Waals surface area contributed by atoms with E-state index in [1.54, 1.807) is 6.07 Å². The summed E-state index contributed by atoms with van der Waals surface area (Å²) in [6.45, 7) is 1.86. The van der Waals surface area contributed by atoms with Gasteiger partial charge in [0.15, 0.2) is 5.78 Å². The summed E-state index contributed by atoms with van der Waals surface area (Å²) in [5.74, 6) is 0.0249. The van der Waals surface area contributed by atoms with Gasteiger partial charge in [-0.2, -0.15) is 5.26 Å². The number of hydrogen-bond acceptors (Lipinski definition) is 4. The average molecular weight is 151 g/mol. The van der Waals surface area contributed by atoms with Crippen LogP contribution in [0.1, 0.15) is 13.3 Å². The van der Waals surface area contributed by atoms with E-state index in [-0.39, 0.29) is 23.2 Å². The van der Waals surface area contributed by atoms with Crippen molar-refractivity contribution in [2.45, 2.75) is 19.4 Å². The van der Waals surface area contributed by atoms with Gasteiger partial charge in [0, 0.05) is 0 Å². The van der Waals surface area contributed by atoms with Crippen LogP contribution in [-0.2, 0) is 4.79 Å². The average Bonchev–Trinajstić information content (AvgIpc) is 2.26. The normalized spacial score (nSPS) is 23.3. The second kappa shape index (κ2) is 2.62. The van der Waals surface area contributed by atoms with Crippen LogP contribution in [0.4, 0.5) is 0 Å². The summed E-state index contributed by atoms with van der Waals surface area (Å²) < 4.78 is 0. The highest BCUT2D eigenvalue weighted by Crippen LogP contribution is 2.12. The predicted molar refractivity (Wildman–Crippen MR) is 39.0 cm³/mol. The first-order valence-corrected chi connectivity index (χ1v) is 3.41. The van der Waals surface area contributed by atoms with Gasteiger partial charge in [-0.1, -0.05) is 6.92 Å². The standard InChI is InChI=1S/C7H9N3O/c1-2-5-6(11)4(3-8)7(9)10-5/h5,10H,2,9H2,1H3. The molecule has 0 saturated heterocycles. The van der Waals surface area contributed by atoms with E-state index in [9.17, 15) is 4.79 Å². The Labute approximate surface area is 64.7 Å². The Kier molecular flexibility index (Phi) is 1.81. The number of carbonyl (C=O) groups excluding carboxylic acids is 1. The summed E-state index contributed by atoms with van der Waals surface area (Å²) in [4.78, 5) is 11.2. The maximum absolute atomic E-state index is 11.2. The molecule has 1 aliphatic heterocycles. The molecule has 1 heterocycles. The molecule has 1 rings (SSSR count). The van der Waals surface area contributed by atoms with Crippen LogP contribution in [0.25, 0.3) is 0 Å². The number of nitriles is 1. The highest BCUT2D eigenvalue weighted by Gasteiger charge is 2.29. The molecule has 0 aromatic rings. The van der Waals surface area contributed by atoms with Crippen LogP contribution >= 0.6 is 0 Å². The highest BCUT2D eigenvalue weighted by molar-refractivity contribution is 6.05. The van der Waals surface area contributed by atoms with Crippen molar-refractivity contribution in [2.24, 2.45) is 5.73 Å². The lowest BCUT2D eigenvalue weighted by atomic mass is 10.1. The third-order valence-corrected chi connectivity index (χ3v) is 1.68. The van der Waals surface area contributed by atoms with E-state index in [1.165, 1.54) is 0 Å². The number of hydrogen-bond donors (Lipinski definition) is 2. The zero-order valence-corrected chi connectivity index (χ0v) is 6.22. The van der Waals surface area contributed by atoms with Gasteiger partial charge in [-0.15, -0.1) is 0 Å². The second-order valence-corrected chi connectivity index (χ2v) is 2.37. The first-order chi connectivity index (χ1) is 5.20. The number of nitrogens with two attached hydrogens (primary N) is 1. The molecule has 0 aromatic heterocycles. The van der Waals surface area contributed by atoms with Crippen molar-refractivity contribution in [3.8, 4) is 6.07 Å². The van der Waals surface area contributed by atoms with Crippen molar-refractivity contribution in [2.75, 3.05) is 0 Å². The van der Waals surface area contributed by atoms with Gasteiger partial charge in [0.2, 0.25) is 0 Å². The zero-order valence-electron chi connectivity index (χ0n) is 6.22. The molecule has 1 unspecified atom stereocenters. The molecule has 1 atom stereocenters. The van der Waals surface area contributed by atoms with Crippen molar-refractivity contribution in [1.82, 2.24) is 5.32 Å². The van der Waals surface area contributed by atoms with Crippen LogP contribution in [0, 0.1) is 11.3 Å².